The van der Waals surface area contributed by atoms with Crippen molar-refractivity contribution in [3.8, 4) is 0 Å². The minimum absolute atomic E-state index is 0.0424. The number of carbonyl (C=O) groups excluding carboxylic acids is 1. The number of benzene rings is 2. The summed E-state index contributed by atoms with van der Waals surface area (Å²) in [7, 11) is 0. The Kier molecular flexibility index (Phi) is 7.69. The molecule has 1 aliphatic heterocycles. The Balaban J connectivity index is 1.37. The lowest BCUT2D eigenvalue weighted by molar-refractivity contribution is -0.123. The summed E-state index contributed by atoms with van der Waals surface area (Å²) in [4.78, 5) is 14.5. The molecule has 4 nitrogen and oxygen atoms in total. The predicted molar refractivity (Wildman–Crippen MR) is 109 cm³/mol. The van der Waals surface area contributed by atoms with E-state index in [1.807, 2.05) is 42.5 Å². The number of nitrogens with one attached hydrogen (secondary N) is 1. The first-order valence-electron chi connectivity index (χ1n) is 9.55. The SMILES string of the molecule is O=C(CN1CCC[C@H](COCc2ccccc2)C1)NCc1ccccc1Cl. The van der Waals surface area contributed by atoms with Crippen molar-refractivity contribution >= 4 is 17.5 Å². The molecular weight excluding hydrogens is 360 g/mol. The van der Waals surface area contributed by atoms with Gasteiger partial charge in [-0.25, -0.2) is 0 Å². The minimum Gasteiger partial charge on any atom is -0.376 e. The van der Waals surface area contributed by atoms with E-state index in [4.69, 9.17) is 16.3 Å². The third-order valence-corrected chi connectivity index (χ3v) is 5.24. The second-order valence-corrected chi connectivity index (χ2v) is 7.52. The smallest absolute Gasteiger partial charge is 0.234 e. The molecule has 27 heavy (non-hydrogen) atoms. The lowest BCUT2D eigenvalue weighted by Crippen LogP contribution is -2.43. The van der Waals surface area contributed by atoms with Gasteiger partial charge >= 0.3 is 0 Å². The summed E-state index contributed by atoms with van der Waals surface area (Å²) >= 11 is 6.14. The van der Waals surface area contributed by atoms with Gasteiger partial charge in [-0.1, -0.05) is 60.1 Å². The highest BCUT2D eigenvalue weighted by Gasteiger charge is 2.21. The number of carbonyl (C=O) groups is 1. The number of nitrogens with zero attached hydrogens (tertiary/aromatic N) is 1. The highest BCUT2D eigenvalue weighted by atomic mass is 35.5. The van der Waals surface area contributed by atoms with Crippen molar-refractivity contribution in [1.82, 2.24) is 10.2 Å². The zero-order valence-corrected chi connectivity index (χ0v) is 16.3. The van der Waals surface area contributed by atoms with Gasteiger partial charge in [0.1, 0.15) is 0 Å². The number of rotatable bonds is 8. The Hall–Kier alpha value is -1.88. The van der Waals surface area contributed by atoms with Crippen LogP contribution in [-0.4, -0.2) is 37.0 Å². The zero-order valence-electron chi connectivity index (χ0n) is 15.6. The van der Waals surface area contributed by atoms with Crippen LogP contribution < -0.4 is 5.32 Å². The average molecular weight is 387 g/mol. The monoisotopic (exact) mass is 386 g/mol. The minimum atomic E-state index is 0.0424. The van der Waals surface area contributed by atoms with Gasteiger partial charge in [-0.05, 0) is 42.5 Å². The number of halogens is 1. The van der Waals surface area contributed by atoms with Crippen molar-refractivity contribution in [2.75, 3.05) is 26.2 Å². The number of amides is 1. The van der Waals surface area contributed by atoms with Gasteiger partial charge in [-0.2, -0.15) is 0 Å². The maximum atomic E-state index is 12.3. The molecular formula is C22H27ClN2O2. The van der Waals surface area contributed by atoms with E-state index in [1.54, 1.807) is 0 Å². The van der Waals surface area contributed by atoms with Crippen LogP contribution in [0.2, 0.25) is 5.02 Å². The van der Waals surface area contributed by atoms with Crippen LogP contribution in [-0.2, 0) is 22.7 Å². The molecule has 0 unspecified atom stereocenters. The molecule has 1 atom stereocenters. The van der Waals surface area contributed by atoms with Gasteiger partial charge in [0.05, 0.1) is 19.8 Å². The lowest BCUT2D eigenvalue weighted by atomic mass is 9.99. The first-order valence-corrected chi connectivity index (χ1v) is 9.92. The highest BCUT2D eigenvalue weighted by molar-refractivity contribution is 6.31. The lowest BCUT2D eigenvalue weighted by Gasteiger charge is -2.32. The van der Waals surface area contributed by atoms with Gasteiger partial charge < -0.3 is 10.1 Å². The highest BCUT2D eigenvalue weighted by Crippen LogP contribution is 2.18. The van der Waals surface area contributed by atoms with Crippen molar-refractivity contribution < 1.29 is 9.53 Å². The van der Waals surface area contributed by atoms with Gasteiger partial charge in [0.2, 0.25) is 5.91 Å². The molecule has 1 saturated heterocycles. The molecule has 0 aliphatic carbocycles. The number of hydrogen-bond donors (Lipinski definition) is 1. The maximum absolute atomic E-state index is 12.3. The molecule has 2 aromatic carbocycles. The van der Waals surface area contributed by atoms with Crippen LogP contribution in [0.3, 0.4) is 0 Å². The number of hydrogen-bond acceptors (Lipinski definition) is 3. The molecule has 3 rings (SSSR count). The topological polar surface area (TPSA) is 41.6 Å². The Labute approximate surface area is 166 Å². The Bertz CT molecular complexity index is 723. The van der Waals surface area contributed by atoms with Crippen molar-refractivity contribution in [2.45, 2.75) is 26.0 Å². The average Bonchev–Trinajstić information content (AvgIpc) is 2.68. The van der Waals surface area contributed by atoms with Crippen molar-refractivity contribution in [1.29, 1.82) is 0 Å². The summed E-state index contributed by atoms with van der Waals surface area (Å²) in [6.45, 7) is 4.17. The van der Waals surface area contributed by atoms with Crippen LogP contribution in [0.4, 0.5) is 0 Å². The molecule has 0 saturated carbocycles. The standard InChI is InChI=1S/C22H27ClN2O2/c23-21-11-5-4-10-20(21)13-24-22(26)15-25-12-6-9-19(14-25)17-27-16-18-7-2-1-3-8-18/h1-5,7-8,10-11,19H,6,9,12-17H2,(H,24,26)/t19-/m0/s1. The molecule has 144 valence electrons. The first-order chi connectivity index (χ1) is 13.2. The fourth-order valence-electron chi connectivity index (χ4n) is 3.44. The number of likely N-dealkylation sites (tertiary alicyclic amines) is 1. The zero-order chi connectivity index (χ0) is 18.9. The van der Waals surface area contributed by atoms with Crippen LogP contribution in [0.1, 0.15) is 24.0 Å². The van der Waals surface area contributed by atoms with Gasteiger partial charge in [0, 0.05) is 18.1 Å². The van der Waals surface area contributed by atoms with E-state index in [2.05, 4.69) is 22.3 Å². The Morgan fingerprint density at radius 3 is 2.74 bits per heavy atom. The molecule has 2 aromatic rings. The Morgan fingerprint density at radius 1 is 1.15 bits per heavy atom. The van der Waals surface area contributed by atoms with E-state index in [-0.39, 0.29) is 5.91 Å². The molecule has 0 spiro atoms. The quantitative estimate of drug-likeness (QED) is 0.748. The van der Waals surface area contributed by atoms with Gasteiger partial charge in [0.25, 0.3) is 0 Å². The molecule has 1 aliphatic rings. The normalized spacial score (nSPS) is 17.6. The third kappa shape index (κ3) is 6.65. The largest absolute Gasteiger partial charge is 0.376 e. The van der Waals surface area contributed by atoms with Gasteiger partial charge in [-0.15, -0.1) is 0 Å². The molecule has 5 heteroatoms. The van der Waals surface area contributed by atoms with Crippen molar-refractivity contribution in [2.24, 2.45) is 5.92 Å². The Morgan fingerprint density at radius 2 is 1.93 bits per heavy atom. The predicted octanol–water partition coefficient (Wildman–Crippen LogP) is 3.89. The summed E-state index contributed by atoms with van der Waals surface area (Å²) in [6.07, 6.45) is 2.27. The van der Waals surface area contributed by atoms with Gasteiger partial charge in [0.15, 0.2) is 0 Å². The van der Waals surface area contributed by atoms with E-state index >= 15 is 0 Å². The molecule has 0 bridgehead atoms. The molecule has 1 heterocycles. The summed E-state index contributed by atoms with van der Waals surface area (Å²) in [6, 6.07) is 17.8. The fraction of sp³-hybridized carbons (Fsp3) is 0.409. The second-order valence-electron chi connectivity index (χ2n) is 7.11. The second kappa shape index (κ2) is 10.5. The van der Waals surface area contributed by atoms with E-state index in [0.717, 1.165) is 38.1 Å². The number of ether oxygens (including phenoxy) is 1. The van der Waals surface area contributed by atoms with E-state index in [0.29, 0.717) is 30.6 Å². The summed E-state index contributed by atoms with van der Waals surface area (Å²) < 4.78 is 5.89. The first kappa shape index (κ1) is 19.9. The van der Waals surface area contributed by atoms with E-state index in [1.165, 1.54) is 5.56 Å². The van der Waals surface area contributed by atoms with Crippen molar-refractivity contribution in [3.05, 3.63) is 70.7 Å². The molecule has 1 N–H and O–H groups in total. The summed E-state index contributed by atoms with van der Waals surface area (Å²) in [5.41, 5.74) is 2.14. The molecule has 1 fully saturated rings. The molecule has 1 amide bonds. The van der Waals surface area contributed by atoms with E-state index in [9.17, 15) is 4.79 Å². The molecule has 0 radical (unpaired) electrons. The summed E-state index contributed by atoms with van der Waals surface area (Å²) in [5.74, 6) is 0.527. The van der Waals surface area contributed by atoms with E-state index < -0.39 is 0 Å². The third-order valence-electron chi connectivity index (χ3n) is 4.87. The summed E-state index contributed by atoms with van der Waals surface area (Å²) in [5, 5.41) is 3.66. The van der Waals surface area contributed by atoms with Gasteiger partial charge in [-0.3, -0.25) is 9.69 Å². The van der Waals surface area contributed by atoms with Crippen LogP contribution in [0.5, 0.6) is 0 Å². The van der Waals surface area contributed by atoms with Crippen LogP contribution in [0.15, 0.2) is 54.6 Å². The maximum Gasteiger partial charge on any atom is 0.234 e. The van der Waals surface area contributed by atoms with Crippen LogP contribution >= 0.6 is 11.6 Å². The number of piperidine rings is 1. The van der Waals surface area contributed by atoms with Crippen molar-refractivity contribution in [3.63, 3.8) is 0 Å². The van der Waals surface area contributed by atoms with Crippen LogP contribution in [0, 0.1) is 5.92 Å². The van der Waals surface area contributed by atoms with Crippen LogP contribution in [0.25, 0.3) is 0 Å². The fourth-order valence-corrected chi connectivity index (χ4v) is 3.65. The molecule has 0 aromatic heterocycles.